The Kier molecular flexibility index (Phi) is 7.11. The van der Waals surface area contributed by atoms with Crippen LogP contribution in [0.4, 0.5) is 0 Å². The van der Waals surface area contributed by atoms with E-state index in [4.69, 9.17) is 15.9 Å². The van der Waals surface area contributed by atoms with Crippen LogP contribution in [0.1, 0.15) is 0 Å². The van der Waals surface area contributed by atoms with E-state index < -0.39 is 31.0 Å². The lowest BCUT2D eigenvalue weighted by molar-refractivity contribution is -0.100. The van der Waals surface area contributed by atoms with E-state index in [1.807, 2.05) is 0 Å². The van der Waals surface area contributed by atoms with Crippen LogP contribution < -0.4 is 5.73 Å². The fourth-order valence-corrected chi connectivity index (χ4v) is 0.898. The van der Waals surface area contributed by atoms with Gasteiger partial charge in [-0.3, -0.25) is 0 Å². The van der Waals surface area contributed by atoms with Crippen LogP contribution in [-0.2, 0) is 0 Å². The lowest BCUT2D eigenvalue weighted by atomic mass is 10.0. The minimum Gasteiger partial charge on any atom is -0.394 e. The summed E-state index contributed by atoms with van der Waals surface area (Å²) < 4.78 is 0. The van der Waals surface area contributed by atoms with Crippen LogP contribution in [0.15, 0.2) is 5.10 Å². The standard InChI is InChI=1S/C8H17N3O5S/c1-11(8(9)17)10-2-4(13)6(15)7(16)5(14)3-12/h2,4-7,12-16H,3H2,1H3,(H2,9,17)/b10-2+/t4-,5+,6+,7+/m0/s1. The number of aliphatic hydroxyl groups excluding tert-OH is 5. The molecule has 0 aromatic carbocycles. The molecule has 0 bridgehead atoms. The van der Waals surface area contributed by atoms with Crippen molar-refractivity contribution in [2.75, 3.05) is 13.7 Å². The highest BCUT2D eigenvalue weighted by Crippen LogP contribution is 2.04. The molecule has 0 aromatic heterocycles. The van der Waals surface area contributed by atoms with Crippen molar-refractivity contribution in [1.82, 2.24) is 5.01 Å². The van der Waals surface area contributed by atoms with Crippen LogP contribution in [0.3, 0.4) is 0 Å². The molecule has 8 nitrogen and oxygen atoms in total. The normalized spacial score (nSPS) is 18.7. The van der Waals surface area contributed by atoms with Crippen LogP contribution in [0.25, 0.3) is 0 Å². The molecule has 17 heavy (non-hydrogen) atoms. The van der Waals surface area contributed by atoms with Crippen molar-refractivity contribution in [1.29, 1.82) is 0 Å². The topological polar surface area (TPSA) is 143 Å². The summed E-state index contributed by atoms with van der Waals surface area (Å²) in [4.78, 5) is 0. The van der Waals surface area contributed by atoms with Crippen molar-refractivity contribution in [3.05, 3.63) is 0 Å². The molecule has 0 aliphatic carbocycles. The molecule has 0 spiro atoms. The summed E-state index contributed by atoms with van der Waals surface area (Å²) in [5, 5.41) is 50.3. The zero-order valence-corrected chi connectivity index (χ0v) is 10.0. The Balaban J connectivity index is 4.40. The number of aliphatic hydroxyl groups is 5. The van der Waals surface area contributed by atoms with Gasteiger partial charge in [0.2, 0.25) is 0 Å². The molecule has 0 aliphatic heterocycles. The monoisotopic (exact) mass is 267 g/mol. The first-order valence-electron chi connectivity index (χ1n) is 4.71. The Morgan fingerprint density at radius 3 is 2.29 bits per heavy atom. The number of rotatable bonds is 6. The molecular formula is C8H17N3O5S. The Labute approximate surface area is 104 Å². The molecule has 0 unspecified atom stereocenters. The zero-order valence-electron chi connectivity index (χ0n) is 9.21. The number of nitrogens with two attached hydrogens (primary N) is 1. The van der Waals surface area contributed by atoms with Gasteiger partial charge in [-0.1, -0.05) is 0 Å². The Morgan fingerprint density at radius 1 is 1.35 bits per heavy atom. The number of hydrazone groups is 1. The highest BCUT2D eigenvalue weighted by atomic mass is 32.1. The molecular weight excluding hydrogens is 250 g/mol. The van der Waals surface area contributed by atoms with Crippen LogP contribution in [0, 0.1) is 0 Å². The second-order valence-electron chi connectivity index (χ2n) is 3.35. The maximum atomic E-state index is 9.40. The minimum atomic E-state index is -1.70. The van der Waals surface area contributed by atoms with Crippen molar-refractivity contribution in [2.45, 2.75) is 24.4 Å². The summed E-state index contributed by atoms with van der Waals surface area (Å²) in [6.45, 7) is -0.741. The molecule has 0 saturated heterocycles. The first-order valence-corrected chi connectivity index (χ1v) is 5.12. The average molecular weight is 267 g/mol. The molecule has 0 radical (unpaired) electrons. The molecule has 0 amide bonds. The van der Waals surface area contributed by atoms with E-state index >= 15 is 0 Å². The highest BCUT2D eigenvalue weighted by Gasteiger charge is 2.29. The van der Waals surface area contributed by atoms with Gasteiger partial charge in [-0.2, -0.15) is 5.10 Å². The summed E-state index contributed by atoms with van der Waals surface area (Å²) in [6.07, 6.45) is -5.58. The van der Waals surface area contributed by atoms with E-state index in [1.165, 1.54) is 7.05 Å². The van der Waals surface area contributed by atoms with Crippen LogP contribution >= 0.6 is 12.2 Å². The maximum absolute atomic E-state index is 9.40. The zero-order chi connectivity index (χ0) is 13.6. The van der Waals surface area contributed by atoms with Crippen molar-refractivity contribution in [2.24, 2.45) is 10.8 Å². The Bertz CT molecular complexity index is 278. The van der Waals surface area contributed by atoms with E-state index in [2.05, 4.69) is 17.3 Å². The average Bonchev–Trinajstić information content (AvgIpc) is 2.32. The van der Waals surface area contributed by atoms with Gasteiger partial charge in [0.05, 0.1) is 12.8 Å². The SMILES string of the molecule is CN(/N=C/[C@H](O)[C@@H](O)[C@H](O)[C@H](O)CO)C(N)=S. The largest absolute Gasteiger partial charge is 0.394 e. The van der Waals surface area contributed by atoms with Gasteiger partial charge in [0.1, 0.15) is 24.4 Å². The summed E-state index contributed by atoms with van der Waals surface area (Å²) in [6, 6.07) is 0. The van der Waals surface area contributed by atoms with Crippen LogP contribution in [0.2, 0.25) is 0 Å². The summed E-state index contributed by atoms with van der Waals surface area (Å²) in [5.41, 5.74) is 5.20. The van der Waals surface area contributed by atoms with Gasteiger partial charge < -0.3 is 31.3 Å². The molecule has 0 rings (SSSR count). The van der Waals surface area contributed by atoms with Crippen molar-refractivity contribution < 1.29 is 25.5 Å². The van der Waals surface area contributed by atoms with Crippen LogP contribution in [-0.4, -0.2) is 79.9 Å². The number of thiocarbonyl (C=S) groups is 1. The van der Waals surface area contributed by atoms with E-state index in [1.54, 1.807) is 0 Å². The quantitative estimate of drug-likeness (QED) is 0.166. The Hall–Kier alpha value is -0.840. The third-order valence-electron chi connectivity index (χ3n) is 1.99. The molecule has 7 N–H and O–H groups in total. The maximum Gasteiger partial charge on any atom is 0.186 e. The minimum absolute atomic E-state index is 0.0427. The molecule has 0 heterocycles. The second kappa shape index (κ2) is 7.48. The molecule has 100 valence electrons. The van der Waals surface area contributed by atoms with E-state index in [9.17, 15) is 15.3 Å². The predicted octanol–water partition coefficient (Wildman–Crippen LogP) is -3.42. The third kappa shape index (κ3) is 5.35. The predicted molar refractivity (Wildman–Crippen MR) is 64.2 cm³/mol. The van der Waals surface area contributed by atoms with Crippen molar-refractivity contribution in [3.63, 3.8) is 0 Å². The molecule has 0 fully saturated rings. The molecule has 0 saturated carbocycles. The smallest absolute Gasteiger partial charge is 0.186 e. The van der Waals surface area contributed by atoms with Gasteiger partial charge >= 0.3 is 0 Å². The van der Waals surface area contributed by atoms with Crippen molar-refractivity contribution in [3.8, 4) is 0 Å². The number of hydrogen-bond acceptors (Lipinski definition) is 7. The molecule has 0 aromatic rings. The van der Waals surface area contributed by atoms with E-state index in [-0.39, 0.29) is 5.11 Å². The van der Waals surface area contributed by atoms with E-state index in [0.717, 1.165) is 11.2 Å². The fourth-order valence-electron chi connectivity index (χ4n) is 0.851. The Morgan fingerprint density at radius 2 is 1.88 bits per heavy atom. The first kappa shape index (κ1) is 16.2. The summed E-state index contributed by atoms with van der Waals surface area (Å²) >= 11 is 4.57. The highest BCUT2D eigenvalue weighted by molar-refractivity contribution is 7.80. The van der Waals surface area contributed by atoms with Gasteiger partial charge in [0, 0.05) is 7.05 Å². The van der Waals surface area contributed by atoms with Crippen molar-refractivity contribution >= 4 is 23.5 Å². The lowest BCUT2D eigenvalue weighted by Gasteiger charge is -2.23. The summed E-state index contributed by atoms with van der Waals surface area (Å²) in [7, 11) is 1.43. The molecule has 4 atom stereocenters. The van der Waals surface area contributed by atoms with Gasteiger partial charge in [0.15, 0.2) is 5.11 Å². The fraction of sp³-hybridized carbons (Fsp3) is 0.750. The first-order chi connectivity index (χ1) is 7.81. The second-order valence-corrected chi connectivity index (χ2v) is 3.77. The van der Waals surface area contributed by atoms with Gasteiger partial charge in [-0.05, 0) is 12.2 Å². The van der Waals surface area contributed by atoms with Gasteiger partial charge in [-0.25, -0.2) is 5.01 Å². The molecule has 9 heteroatoms. The van der Waals surface area contributed by atoms with Gasteiger partial charge in [-0.15, -0.1) is 0 Å². The summed E-state index contributed by atoms with van der Waals surface area (Å²) in [5.74, 6) is 0. The van der Waals surface area contributed by atoms with Crippen LogP contribution in [0.5, 0.6) is 0 Å². The van der Waals surface area contributed by atoms with Gasteiger partial charge in [0.25, 0.3) is 0 Å². The number of nitrogens with zero attached hydrogens (tertiary/aromatic N) is 2. The number of hydrogen-bond donors (Lipinski definition) is 6. The van der Waals surface area contributed by atoms with E-state index in [0.29, 0.717) is 0 Å². The third-order valence-corrected chi connectivity index (χ3v) is 2.26. The molecule has 0 aliphatic rings. The lowest BCUT2D eigenvalue weighted by Crippen LogP contribution is -2.46.